The summed E-state index contributed by atoms with van der Waals surface area (Å²) < 4.78 is 6.94. The molecule has 0 bridgehead atoms. The molecule has 2 rings (SSSR count). The summed E-state index contributed by atoms with van der Waals surface area (Å²) >= 11 is 3.39. The van der Waals surface area contributed by atoms with Crippen LogP contribution in [0.1, 0.15) is 6.42 Å². The van der Waals surface area contributed by atoms with Crippen molar-refractivity contribution >= 4 is 21.6 Å². The standard InChI is InChI=1S/C12H19BrN4O2/c1-19-5-4-17-12(18)11(13)10(7-15-17)16-3-2-9(6-14)8-16/h7,9H,2-6,8,14H2,1H3. The van der Waals surface area contributed by atoms with Crippen molar-refractivity contribution in [3.63, 3.8) is 0 Å². The highest BCUT2D eigenvalue weighted by Gasteiger charge is 2.24. The molecule has 1 aliphatic rings. The third-order valence-corrected chi connectivity index (χ3v) is 4.18. The van der Waals surface area contributed by atoms with Crippen molar-refractivity contribution in [2.75, 3.05) is 38.3 Å². The zero-order valence-electron chi connectivity index (χ0n) is 11.0. The molecule has 2 N–H and O–H groups in total. The minimum absolute atomic E-state index is 0.120. The van der Waals surface area contributed by atoms with Crippen LogP contribution in [-0.2, 0) is 11.3 Å². The number of anilines is 1. The Bertz CT molecular complexity index is 491. The predicted octanol–water partition coefficient (Wildman–Crippen LogP) is 0.437. The Kier molecular flexibility index (Phi) is 4.95. The fourth-order valence-electron chi connectivity index (χ4n) is 2.26. The highest BCUT2D eigenvalue weighted by molar-refractivity contribution is 9.10. The van der Waals surface area contributed by atoms with Crippen LogP contribution in [0.3, 0.4) is 0 Å². The first-order valence-corrected chi connectivity index (χ1v) is 7.16. The fourth-order valence-corrected chi connectivity index (χ4v) is 2.82. The molecule has 0 amide bonds. The van der Waals surface area contributed by atoms with Crippen LogP contribution >= 0.6 is 15.9 Å². The highest BCUT2D eigenvalue weighted by atomic mass is 79.9. The van der Waals surface area contributed by atoms with Crippen molar-refractivity contribution in [3.8, 4) is 0 Å². The second-order valence-corrected chi connectivity index (χ2v) is 5.49. The maximum absolute atomic E-state index is 12.1. The van der Waals surface area contributed by atoms with Gasteiger partial charge in [0.25, 0.3) is 5.56 Å². The van der Waals surface area contributed by atoms with Gasteiger partial charge < -0.3 is 15.4 Å². The summed E-state index contributed by atoms with van der Waals surface area (Å²) in [6.07, 6.45) is 2.80. The molecule has 0 saturated carbocycles. The zero-order chi connectivity index (χ0) is 13.8. The average Bonchev–Trinajstić information content (AvgIpc) is 2.89. The smallest absolute Gasteiger partial charge is 0.283 e. The lowest BCUT2D eigenvalue weighted by molar-refractivity contribution is 0.181. The first-order valence-electron chi connectivity index (χ1n) is 6.37. The molecule has 0 spiro atoms. The largest absolute Gasteiger partial charge is 0.383 e. The van der Waals surface area contributed by atoms with Crippen molar-refractivity contribution in [1.29, 1.82) is 0 Å². The Morgan fingerprint density at radius 2 is 2.42 bits per heavy atom. The topological polar surface area (TPSA) is 73.4 Å². The number of nitrogens with zero attached hydrogens (tertiary/aromatic N) is 3. The van der Waals surface area contributed by atoms with Gasteiger partial charge >= 0.3 is 0 Å². The molecular weight excluding hydrogens is 312 g/mol. The van der Waals surface area contributed by atoms with Crippen LogP contribution in [-0.4, -0.2) is 43.1 Å². The van der Waals surface area contributed by atoms with Gasteiger partial charge in [-0.05, 0) is 34.8 Å². The number of hydrogen-bond acceptors (Lipinski definition) is 5. The lowest BCUT2D eigenvalue weighted by atomic mass is 10.1. The Morgan fingerprint density at radius 1 is 1.63 bits per heavy atom. The number of rotatable bonds is 5. The van der Waals surface area contributed by atoms with Gasteiger partial charge in [0.1, 0.15) is 4.47 Å². The van der Waals surface area contributed by atoms with Crippen LogP contribution < -0.4 is 16.2 Å². The lowest BCUT2D eigenvalue weighted by Gasteiger charge is -2.19. The Morgan fingerprint density at radius 3 is 3.05 bits per heavy atom. The summed E-state index contributed by atoms with van der Waals surface area (Å²) in [4.78, 5) is 14.3. The summed E-state index contributed by atoms with van der Waals surface area (Å²) in [6, 6.07) is 0. The quantitative estimate of drug-likeness (QED) is 0.847. The van der Waals surface area contributed by atoms with Gasteiger partial charge in [0.2, 0.25) is 0 Å². The molecule has 1 unspecified atom stereocenters. The van der Waals surface area contributed by atoms with Crippen molar-refractivity contribution in [2.24, 2.45) is 11.7 Å². The summed E-state index contributed by atoms with van der Waals surface area (Å²) in [6.45, 7) is 3.42. The van der Waals surface area contributed by atoms with Gasteiger partial charge in [-0.15, -0.1) is 0 Å². The van der Waals surface area contributed by atoms with Gasteiger partial charge in [-0.25, -0.2) is 4.68 Å². The molecule has 106 valence electrons. The molecule has 1 saturated heterocycles. The maximum Gasteiger partial charge on any atom is 0.283 e. The number of ether oxygens (including phenoxy) is 1. The lowest BCUT2D eigenvalue weighted by Crippen LogP contribution is -2.30. The van der Waals surface area contributed by atoms with E-state index in [0.29, 0.717) is 30.1 Å². The monoisotopic (exact) mass is 330 g/mol. The van der Waals surface area contributed by atoms with E-state index in [9.17, 15) is 4.79 Å². The predicted molar refractivity (Wildman–Crippen MR) is 77.4 cm³/mol. The number of methoxy groups -OCH3 is 1. The van der Waals surface area contributed by atoms with Gasteiger partial charge in [-0.3, -0.25) is 4.79 Å². The van der Waals surface area contributed by atoms with E-state index >= 15 is 0 Å². The van der Waals surface area contributed by atoms with E-state index < -0.39 is 0 Å². The van der Waals surface area contributed by atoms with Gasteiger partial charge in [0.15, 0.2) is 0 Å². The molecule has 1 atom stereocenters. The van der Waals surface area contributed by atoms with Crippen molar-refractivity contribution < 1.29 is 4.74 Å². The molecule has 0 aliphatic carbocycles. The second kappa shape index (κ2) is 6.49. The Balaban J connectivity index is 2.19. The third kappa shape index (κ3) is 3.16. The van der Waals surface area contributed by atoms with Crippen LogP contribution in [0.2, 0.25) is 0 Å². The molecule has 7 heteroatoms. The van der Waals surface area contributed by atoms with Gasteiger partial charge in [0, 0.05) is 20.2 Å². The Hall–Kier alpha value is -0.920. The fraction of sp³-hybridized carbons (Fsp3) is 0.667. The molecule has 1 aliphatic heterocycles. The summed E-state index contributed by atoms with van der Waals surface area (Å²) in [5.74, 6) is 0.503. The molecule has 1 aromatic heterocycles. The van der Waals surface area contributed by atoms with Gasteiger partial charge in [0.05, 0.1) is 25.0 Å². The van der Waals surface area contributed by atoms with Gasteiger partial charge in [-0.1, -0.05) is 0 Å². The second-order valence-electron chi connectivity index (χ2n) is 4.70. The molecule has 1 fully saturated rings. The molecule has 0 aromatic carbocycles. The molecule has 1 aromatic rings. The Labute approximate surface area is 120 Å². The zero-order valence-corrected chi connectivity index (χ0v) is 12.6. The van der Waals surface area contributed by atoms with Crippen LogP contribution in [0.15, 0.2) is 15.5 Å². The minimum Gasteiger partial charge on any atom is -0.383 e. The van der Waals surface area contributed by atoms with E-state index in [-0.39, 0.29) is 5.56 Å². The van der Waals surface area contributed by atoms with E-state index in [4.69, 9.17) is 10.5 Å². The van der Waals surface area contributed by atoms with E-state index in [2.05, 4.69) is 25.9 Å². The molecule has 19 heavy (non-hydrogen) atoms. The number of hydrogen-bond donors (Lipinski definition) is 1. The van der Waals surface area contributed by atoms with Crippen LogP contribution in [0.25, 0.3) is 0 Å². The van der Waals surface area contributed by atoms with Crippen LogP contribution in [0, 0.1) is 5.92 Å². The average molecular weight is 331 g/mol. The molecule has 0 radical (unpaired) electrons. The molecular formula is C12H19BrN4O2. The first-order chi connectivity index (χ1) is 9.17. The first kappa shape index (κ1) is 14.5. The highest BCUT2D eigenvalue weighted by Crippen LogP contribution is 2.27. The van der Waals surface area contributed by atoms with Gasteiger partial charge in [-0.2, -0.15) is 5.10 Å². The van der Waals surface area contributed by atoms with E-state index in [0.717, 1.165) is 25.2 Å². The van der Waals surface area contributed by atoms with Crippen molar-refractivity contribution in [2.45, 2.75) is 13.0 Å². The van der Waals surface area contributed by atoms with Crippen LogP contribution in [0.4, 0.5) is 5.69 Å². The number of halogens is 1. The van der Waals surface area contributed by atoms with Crippen LogP contribution in [0.5, 0.6) is 0 Å². The number of nitrogens with two attached hydrogens (primary N) is 1. The normalized spacial score (nSPS) is 19.1. The molecule has 6 nitrogen and oxygen atoms in total. The summed E-state index contributed by atoms with van der Waals surface area (Å²) in [5, 5.41) is 4.19. The van der Waals surface area contributed by atoms with Crippen molar-refractivity contribution in [3.05, 3.63) is 21.0 Å². The van der Waals surface area contributed by atoms with E-state index in [1.807, 2.05) is 0 Å². The summed E-state index contributed by atoms with van der Waals surface area (Å²) in [7, 11) is 1.60. The van der Waals surface area contributed by atoms with E-state index in [1.54, 1.807) is 13.3 Å². The minimum atomic E-state index is -0.120. The maximum atomic E-state index is 12.1. The van der Waals surface area contributed by atoms with Crippen molar-refractivity contribution in [1.82, 2.24) is 9.78 Å². The molecule has 2 heterocycles. The third-order valence-electron chi connectivity index (χ3n) is 3.43. The SMILES string of the molecule is COCCn1ncc(N2CCC(CN)C2)c(Br)c1=O. The van der Waals surface area contributed by atoms with E-state index in [1.165, 1.54) is 4.68 Å². The summed E-state index contributed by atoms with van der Waals surface area (Å²) in [5.41, 5.74) is 6.42. The number of aromatic nitrogens is 2.